The Labute approximate surface area is 188 Å². The molecule has 0 radical (unpaired) electrons. The number of carbonyl (C=O) groups excluding carboxylic acids is 1. The highest BCUT2D eigenvalue weighted by molar-refractivity contribution is 6.32. The molecule has 0 saturated heterocycles. The van der Waals surface area contributed by atoms with Crippen molar-refractivity contribution in [3.63, 3.8) is 0 Å². The van der Waals surface area contributed by atoms with E-state index in [0.717, 1.165) is 10.6 Å². The van der Waals surface area contributed by atoms with Gasteiger partial charge in [0.2, 0.25) is 0 Å². The zero-order valence-corrected chi connectivity index (χ0v) is 17.7. The van der Waals surface area contributed by atoms with Gasteiger partial charge in [0.05, 0.1) is 5.02 Å². The molecule has 1 aliphatic rings. The molecule has 2 aromatic carbocycles. The molecular weight excluding hydrogens is 438 g/mol. The third-order valence-electron chi connectivity index (χ3n) is 5.02. The van der Waals surface area contributed by atoms with Crippen LogP contribution in [0.4, 0.5) is 5.88 Å². The second kappa shape index (κ2) is 8.73. The third kappa shape index (κ3) is 4.24. The van der Waals surface area contributed by atoms with E-state index >= 15 is 0 Å². The van der Waals surface area contributed by atoms with Gasteiger partial charge in [0.1, 0.15) is 11.5 Å². The van der Waals surface area contributed by atoms with E-state index in [1.807, 2.05) is 19.1 Å². The molecule has 0 fully saturated rings. The largest absolute Gasteiger partial charge is 0.592 e. The molecule has 2 unspecified atom stereocenters. The van der Waals surface area contributed by atoms with E-state index in [-0.39, 0.29) is 23.8 Å². The summed E-state index contributed by atoms with van der Waals surface area (Å²) in [7, 11) is 0. The number of ether oxygens (including phenoxy) is 1. The SMILES string of the molecule is Cc1ccc(C2(O)CC(c3ccc([NH+]([O-])O)o3)=NN2C(=O)COc2ccccc2Cl)cc1. The Morgan fingerprint density at radius 1 is 1.25 bits per heavy atom. The fourth-order valence-electron chi connectivity index (χ4n) is 3.36. The average molecular weight is 458 g/mol. The van der Waals surface area contributed by atoms with Crippen LogP contribution >= 0.6 is 11.6 Å². The van der Waals surface area contributed by atoms with Crippen LogP contribution in [0.3, 0.4) is 0 Å². The first kappa shape index (κ1) is 22.0. The van der Waals surface area contributed by atoms with Gasteiger partial charge < -0.3 is 19.5 Å². The molecule has 9 nitrogen and oxygen atoms in total. The maximum absolute atomic E-state index is 13.0. The number of benzene rings is 2. The second-order valence-corrected chi connectivity index (χ2v) is 7.71. The normalized spacial score (nSPS) is 19.0. The number of hydrogen-bond donors (Lipinski definition) is 3. The van der Waals surface area contributed by atoms with Crippen LogP contribution in [0.15, 0.2) is 70.2 Å². The third-order valence-corrected chi connectivity index (χ3v) is 5.34. The molecule has 1 amide bonds. The molecule has 166 valence electrons. The fraction of sp³-hybridized carbons (Fsp3) is 0.182. The van der Waals surface area contributed by atoms with E-state index in [1.54, 1.807) is 36.4 Å². The number of nitrogens with zero attached hydrogens (tertiary/aromatic N) is 2. The van der Waals surface area contributed by atoms with Crippen LogP contribution in [0.2, 0.25) is 5.02 Å². The summed E-state index contributed by atoms with van der Waals surface area (Å²) < 4.78 is 10.9. The molecule has 10 heteroatoms. The molecule has 1 aliphatic heterocycles. The molecule has 2 atom stereocenters. The lowest BCUT2D eigenvalue weighted by Crippen LogP contribution is -2.99. The predicted octanol–water partition coefficient (Wildman–Crippen LogP) is 2.51. The minimum Gasteiger partial charge on any atom is -0.592 e. The minimum absolute atomic E-state index is 0.0968. The number of rotatable bonds is 6. The van der Waals surface area contributed by atoms with Crippen molar-refractivity contribution in [1.82, 2.24) is 5.01 Å². The zero-order valence-electron chi connectivity index (χ0n) is 17.0. The van der Waals surface area contributed by atoms with E-state index in [0.29, 0.717) is 16.3 Å². The van der Waals surface area contributed by atoms with E-state index in [2.05, 4.69) is 5.10 Å². The number of furan rings is 1. The van der Waals surface area contributed by atoms with Gasteiger partial charge in [-0.3, -0.25) is 4.79 Å². The van der Waals surface area contributed by atoms with Crippen LogP contribution < -0.4 is 9.96 Å². The Morgan fingerprint density at radius 3 is 2.62 bits per heavy atom. The van der Waals surface area contributed by atoms with Gasteiger partial charge in [0.15, 0.2) is 18.1 Å². The summed E-state index contributed by atoms with van der Waals surface area (Å²) in [6.45, 7) is 1.48. The number of hydrazone groups is 1. The predicted molar refractivity (Wildman–Crippen MR) is 115 cm³/mol. The number of carbonyl (C=O) groups is 1. The summed E-state index contributed by atoms with van der Waals surface area (Å²) in [4.78, 5) is 13.0. The number of nitrogens with one attached hydrogen (secondary N) is 1. The zero-order chi connectivity index (χ0) is 22.9. The van der Waals surface area contributed by atoms with Crippen molar-refractivity contribution in [2.45, 2.75) is 19.1 Å². The van der Waals surface area contributed by atoms with Crippen molar-refractivity contribution >= 4 is 29.1 Å². The first-order chi connectivity index (χ1) is 15.3. The lowest BCUT2D eigenvalue weighted by molar-refractivity contribution is -0.997. The first-order valence-electron chi connectivity index (χ1n) is 9.69. The Hall–Kier alpha value is -3.21. The monoisotopic (exact) mass is 457 g/mol. The van der Waals surface area contributed by atoms with Crippen molar-refractivity contribution in [1.29, 1.82) is 0 Å². The van der Waals surface area contributed by atoms with E-state index in [9.17, 15) is 15.1 Å². The van der Waals surface area contributed by atoms with Gasteiger partial charge in [0, 0.05) is 18.1 Å². The molecule has 32 heavy (non-hydrogen) atoms. The number of para-hydroxylation sites is 1. The van der Waals surface area contributed by atoms with Gasteiger partial charge in [-0.25, -0.2) is 5.21 Å². The molecule has 0 spiro atoms. The number of amides is 1. The second-order valence-electron chi connectivity index (χ2n) is 7.30. The summed E-state index contributed by atoms with van der Waals surface area (Å²) in [5.74, 6) is -0.418. The smallest absolute Gasteiger partial charge is 0.328 e. The standard InChI is InChI=1S/C22H20ClN3O6/c1-14-6-8-15(9-7-14)22(28)12-17(19-10-11-21(32-19)26(29)30)24-25(22)20(27)13-31-18-5-3-2-4-16(18)23/h2-11,26,28-29H,12-13H2,1H3. The van der Waals surface area contributed by atoms with Gasteiger partial charge in [-0.05, 0) is 25.1 Å². The van der Waals surface area contributed by atoms with Crippen LogP contribution in [-0.4, -0.2) is 33.5 Å². The Balaban J connectivity index is 1.65. The van der Waals surface area contributed by atoms with Crippen molar-refractivity contribution in [2.24, 2.45) is 5.10 Å². The fourth-order valence-corrected chi connectivity index (χ4v) is 3.55. The highest BCUT2D eigenvalue weighted by Crippen LogP contribution is 2.37. The van der Waals surface area contributed by atoms with Gasteiger partial charge in [-0.1, -0.05) is 53.6 Å². The quantitative estimate of drug-likeness (QED) is 0.489. The van der Waals surface area contributed by atoms with Crippen LogP contribution in [0.1, 0.15) is 23.3 Å². The van der Waals surface area contributed by atoms with Crippen molar-refractivity contribution in [2.75, 3.05) is 6.61 Å². The number of aliphatic hydroxyl groups is 1. The minimum atomic E-state index is -1.81. The number of aryl methyl sites for hydroxylation is 1. The molecule has 1 aromatic heterocycles. The lowest BCUT2D eigenvalue weighted by atomic mass is 9.95. The lowest BCUT2D eigenvalue weighted by Gasteiger charge is -2.31. The number of quaternary nitrogens is 1. The van der Waals surface area contributed by atoms with E-state index in [4.69, 9.17) is 26.0 Å². The highest BCUT2D eigenvalue weighted by atomic mass is 35.5. The van der Waals surface area contributed by atoms with Crippen molar-refractivity contribution in [3.8, 4) is 5.75 Å². The molecule has 3 N–H and O–H groups in total. The summed E-state index contributed by atoms with van der Waals surface area (Å²) in [6, 6.07) is 16.5. The molecule has 4 rings (SSSR count). The molecular formula is C22H20ClN3O6. The van der Waals surface area contributed by atoms with Crippen LogP contribution in [0.5, 0.6) is 5.75 Å². The summed E-state index contributed by atoms with van der Waals surface area (Å²) >= 11 is 6.08. The number of halogens is 1. The van der Waals surface area contributed by atoms with Gasteiger partial charge >= 0.3 is 5.88 Å². The topological polar surface area (TPSA) is 123 Å². The van der Waals surface area contributed by atoms with Crippen molar-refractivity contribution < 1.29 is 29.5 Å². The molecule has 2 heterocycles. The van der Waals surface area contributed by atoms with Gasteiger partial charge in [-0.2, -0.15) is 15.3 Å². The first-order valence-corrected chi connectivity index (χ1v) is 10.1. The summed E-state index contributed by atoms with van der Waals surface area (Å²) in [5.41, 5.74) is -0.154. The Morgan fingerprint density at radius 2 is 1.97 bits per heavy atom. The number of hydrogen-bond acceptors (Lipinski definition) is 7. The van der Waals surface area contributed by atoms with Crippen LogP contribution in [0, 0.1) is 12.1 Å². The molecule has 0 aliphatic carbocycles. The van der Waals surface area contributed by atoms with Crippen molar-refractivity contribution in [3.05, 3.63) is 87.8 Å². The van der Waals surface area contributed by atoms with Crippen LogP contribution in [0.25, 0.3) is 0 Å². The Kier molecular flexibility index (Phi) is 6.00. The Bertz CT molecular complexity index is 1160. The maximum atomic E-state index is 13.0. The maximum Gasteiger partial charge on any atom is 0.328 e. The average Bonchev–Trinajstić information content (AvgIpc) is 3.39. The summed E-state index contributed by atoms with van der Waals surface area (Å²) in [5, 5.41) is 36.1. The summed E-state index contributed by atoms with van der Waals surface area (Å²) in [6.07, 6.45) is -0.0968. The van der Waals surface area contributed by atoms with E-state index in [1.165, 1.54) is 12.1 Å². The van der Waals surface area contributed by atoms with Gasteiger partial charge in [-0.15, -0.1) is 0 Å². The van der Waals surface area contributed by atoms with Crippen LogP contribution in [-0.2, 0) is 10.5 Å². The van der Waals surface area contributed by atoms with E-state index < -0.39 is 23.5 Å². The molecule has 0 saturated carbocycles. The van der Waals surface area contributed by atoms with Gasteiger partial charge in [0.25, 0.3) is 5.91 Å². The molecule has 0 bridgehead atoms. The highest BCUT2D eigenvalue weighted by Gasteiger charge is 2.47. The molecule has 3 aromatic rings.